The van der Waals surface area contributed by atoms with Crippen LogP contribution in [0.1, 0.15) is 15.2 Å². The molecule has 0 saturated heterocycles. The molecule has 0 radical (unpaired) electrons. The number of carbonyl (C=O) groups excluding carboxylic acids is 2. The van der Waals surface area contributed by atoms with Gasteiger partial charge in [-0.1, -0.05) is 17.7 Å². The molecule has 0 bridgehead atoms. The fourth-order valence-corrected chi connectivity index (χ4v) is 2.67. The largest absolute Gasteiger partial charge is 0.483 e. The van der Waals surface area contributed by atoms with Crippen molar-refractivity contribution in [2.75, 3.05) is 6.61 Å². The van der Waals surface area contributed by atoms with Gasteiger partial charge in [0, 0.05) is 5.02 Å². The van der Waals surface area contributed by atoms with Gasteiger partial charge in [0.05, 0.1) is 4.88 Å². The predicted molar refractivity (Wildman–Crippen MR) is 97.3 cm³/mol. The van der Waals surface area contributed by atoms with Crippen LogP contribution in [-0.2, 0) is 4.79 Å². The number of carbonyl (C=O) groups is 2. The zero-order valence-electron chi connectivity index (χ0n) is 12.6. The summed E-state index contributed by atoms with van der Waals surface area (Å²) in [5.74, 6) is -0.231. The lowest BCUT2D eigenvalue weighted by Gasteiger charge is -2.12. The molecule has 0 aliphatic carbocycles. The number of hydrogen-bond acceptors (Lipinski definition) is 5. The highest BCUT2D eigenvalue weighted by atomic mass is 35.5. The summed E-state index contributed by atoms with van der Waals surface area (Å²) in [5.41, 5.74) is 5.60. The molecular weight excluding hydrogens is 370 g/mol. The Balaban J connectivity index is 1.72. The number of halogens is 1. The Morgan fingerprint density at radius 3 is 2.75 bits per heavy atom. The van der Waals surface area contributed by atoms with Gasteiger partial charge in [0.25, 0.3) is 11.8 Å². The molecule has 1 aromatic heterocycles. The number of rotatable bonds is 4. The van der Waals surface area contributed by atoms with Gasteiger partial charge in [-0.05, 0) is 54.4 Å². The number of thiocarbonyl (C=S) groups is 1. The maximum atomic E-state index is 11.8. The summed E-state index contributed by atoms with van der Waals surface area (Å²) in [7, 11) is 0. The van der Waals surface area contributed by atoms with Crippen molar-refractivity contribution in [2.24, 2.45) is 0 Å². The monoisotopic (exact) mass is 383 g/mol. The van der Waals surface area contributed by atoms with Crippen LogP contribution in [0.4, 0.5) is 0 Å². The molecule has 9 heteroatoms. The van der Waals surface area contributed by atoms with Crippen molar-refractivity contribution in [3.63, 3.8) is 0 Å². The highest BCUT2D eigenvalue weighted by molar-refractivity contribution is 7.80. The van der Waals surface area contributed by atoms with Gasteiger partial charge < -0.3 is 4.74 Å². The van der Waals surface area contributed by atoms with Gasteiger partial charge in [-0.3, -0.25) is 25.8 Å². The molecule has 0 fully saturated rings. The summed E-state index contributed by atoms with van der Waals surface area (Å²) in [6.07, 6.45) is 0. The van der Waals surface area contributed by atoms with Crippen LogP contribution in [0.5, 0.6) is 5.75 Å². The van der Waals surface area contributed by atoms with Gasteiger partial charge in [0.15, 0.2) is 11.7 Å². The molecular formula is C15H14ClN3O3S2. The molecule has 2 amide bonds. The lowest BCUT2D eigenvalue weighted by molar-refractivity contribution is -0.123. The van der Waals surface area contributed by atoms with Crippen molar-refractivity contribution in [3.8, 4) is 5.75 Å². The number of ether oxygens (including phenoxy) is 1. The Labute approximate surface area is 153 Å². The second-order valence-corrected chi connectivity index (χ2v) is 6.42. The quantitative estimate of drug-likeness (QED) is 0.558. The van der Waals surface area contributed by atoms with Crippen molar-refractivity contribution in [1.82, 2.24) is 16.2 Å². The van der Waals surface area contributed by atoms with Crippen LogP contribution in [0.2, 0.25) is 5.02 Å². The van der Waals surface area contributed by atoms with Crippen molar-refractivity contribution in [2.45, 2.75) is 6.92 Å². The number of amides is 2. The number of hydrogen-bond donors (Lipinski definition) is 3. The molecule has 0 aliphatic heterocycles. The van der Waals surface area contributed by atoms with E-state index in [1.54, 1.807) is 35.7 Å². The Kier molecular flexibility index (Phi) is 6.53. The minimum Gasteiger partial charge on any atom is -0.483 e. The smallest absolute Gasteiger partial charge is 0.276 e. The van der Waals surface area contributed by atoms with Crippen LogP contribution in [0.3, 0.4) is 0 Å². The molecule has 6 nitrogen and oxygen atoms in total. The standard InChI is InChI=1S/C15H14ClN3O3S2/c1-9-7-10(16)4-5-11(9)22-8-13(20)18-19-15(23)17-14(21)12-3-2-6-24-12/h2-7H,8H2,1H3,(H,18,20)(H2,17,19,21,23). The molecule has 0 unspecified atom stereocenters. The van der Waals surface area contributed by atoms with Crippen molar-refractivity contribution in [1.29, 1.82) is 0 Å². The van der Waals surface area contributed by atoms with E-state index in [9.17, 15) is 9.59 Å². The van der Waals surface area contributed by atoms with Crippen molar-refractivity contribution in [3.05, 3.63) is 51.2 Å². The van der Waals surface area contributed by atoms with E-state index in [0.717, 1.165) is 5.56 Å². The van der Waals surface area contributed by atoms with E-state index in [0.29, 0.717) is 15.6 Å². The first-order valence-electron chi connectivity index (χ1n) is 6.78. The van der Waals surface area contributed by atoms with E-state index in [1.807, 2.05) is 6.92 Å². The average molecular weight is 384 g/mol. The number of thiophene rings is 1. The topological polar surface area (TPSA) is 79.5 Å². The lowest BCUT2D eigenvalue weighted by atomic mass is 10.2. The van der Waals surface area contributed by atoms with E-state index in [-0.39, 0.29) is 17.6 Å². The van der Waals surface area contributed by atoms with Gasteiger partial charge in [-0.25, -0.2) is 0 Å². The number of aryl methyl sites for hydroxylation is 1. The van der Waals surface area contributed by atoms with Gasteiger partial charge >= 0.3 is 0 Å². The van der Waals surface area contributed by atoms with E-state index in [1.165, 1.54) is 11.3 Å². The molecule has 1 heterocycles. The summed E-state index contributed by atoms with van der Waals surface area (Å²) >= 11 is 12.1. The molecule has 0 spiro atoms. The van der Waals surface area contributed by atoms with E-state index >= 15 is 0 Å². The average Bonchev–Trinajstić information content (AvgIpc) is 3.06. The Bertz CT molecular complexity index is 750. The summed E-state index contributed by atoms with van der Waals surface area (Å²) < 4.78 is 5.39. The molecule has 126 valence electrons. The third-order valence-corrected chi connectivity index (χ3v) is 4.09. The first-order chi connectivity index (χ1) is 11.5. The molecule has 0 aliphatic rings. The third kappa shape index (κ3) is 5.48. The molecule has 3 N–H and O–H groups in total. The van der Waals surface area contributed by atoms with E-state index in [4.69, 9.17) is 28.6 Å². The third-order valence-electron chi connectivity index (χ3n) is 2.78. The molecule has 2 rings (SSSR count). The highest BCUT2D eigenvalue weighted by Crippen LogP contribution is 2.21. The number of nitrogens with one attached hydrogen (secondary N) is 3. The van der Waals surface area contributed by atoms with Crippen LogP contribution in [0.15, 0.2) is 35.7 Å². The molecule has 2 aromatic rings. The second kappa shape index (κ2) is 8.62. The summed E-state index contributed by atoms with van der Waals surface area (Å²) in [6.45, 7) is 1.61. The van der Waals surface area contributed by atoms with E-state index in [2.05, 4.69) is 16.2 Å². The van der Waals surface area contributed by atoms with E-state index < -0.39 is 5.91 Å². The van der Waals surface area contributed by atoms with Crippen LogP contribution in [0.25, 0.3) is 0 Å². The van der Waals surface area contributed by atoms with Gasteiger partial charge in [-0.2, -0.15) is 0 Å². The van der Waals surface area contributed by atoms with Crippen molar-refractivity contribution >= 4 is 52.1 Å². The predicted octanol–water partition coefficient (Wildman–Crippen LogP) is 2.42. The molecule has 0 saturated carbocycles. The van der Waals surface area contributed by atoms with Gasteiger partial charge in [-0.15, -0.1) is 11.3 Å². The first-order valence-corrected chi connectivity index (χ1v) is 8.45. The zero-order chi connectivity index (χ0) is 17.5. The normalized spacial score (nSPS) is 9.92. The second-order valence-electron chi connectivity index (χ2n) is 4.63. The SMILES string of the molecule is Cc1cc(Cl)ccc1OCC(=O)NNC(=S)NC(=O)c1cccs1. The summed E-state index contributed by atoms with van der Waals surface area (Å²) in [6, 6.07) is 8.53. The first kappa shape index (κ1) is 18.2. The fourth-order valence-electron chi connectivity index (χ4n) is 1.68. The fraction of sp³-hybridized carbons (Fsp3) is 0.133. The van der Waals surface area contributed by atoms with Gasteiger partial charge in [0.2, 0.25) is 0 Å². The summed E-state index contributed by atoms with van der Waals surface area (Å²) in [5, 5.41) is 4.81. The molecule has 24 heavy (non-hydrogen) atoms. The minimum absolute atomic E-state index is 0.00979. The van der Waals surface area contributed by atoms with Crippen LogP contribution < -0.4 is 20.9 Å². The maximum Gasteiger partial charge on any atom is 0.276 e. The van der Waals surface area contributed by atoms with Crippen LogP contribution in [-0.4, -0.2) is 23.5 Å². The molecule has 0 atom stereocenters. The summed E-state index contributed by atoms with van der Waals surface area (Å²) in [4.78, 5) is 24.0. The Morgan fingerprint density at radius 2 is 2.08 bits per heavy atom. The molecule has 1 aromatic carbocycles. The number of benzene rings is 1. The minimum atomic E-state index is -0.447. The zero-order valence-corrected chi connectivity index (χ0v) is 15.0. The van der Waals surface area contributed by atoms with Crippen LogP contribution in [0, 0.1) is 6.92 Å². The Hall–Kier alpha value is -2.16. The number of hydrazine groups is 1. The lowest BCUT2D eigenvalue weighted by Crippen LogP contribution is -2.49. The van der Waals surface area contributed by atoms with Gasteiger partial charge in [0.1, 0.15) is 5.75 Å². The van der Waals surface area contributed by atoms with Crippen molar-refractivity contribution < 1.29 is 14.3 Å². The maximum absolute atomic E-state index is 11.8. The Morgan fingerprint density at radius 1 is 1.29 bits per heavy atom. The highest BCUT2D eigenvalue weighted by Gasteiger charge is 2.10. The van der Waals surface area contributed by atoms with Crippen LogP contribution >= 0.6 is 35.2 Å².